The number of aliphatic carboxylic acids is 1. The number of rotatable bonds is 27. The van der Waals surface area contributed by atoms with Crippen molar-refractivity contribution in [1.29, 1.82) is 0 Å². The van der Waals surface area contributed by atoms with Crippen LogP contribution in [0.25, 0.3) is 0 Å². The summed E-state index contributed by atoms with van der Waals surface area (Å²) in [4.78, 5) is 23.9. The van der Waals surface area contributed by atoms with E-state index in [0.29, 0.717) is 0 Å². The van der Waals surface area contributed by atoms with Crippen LogP contribution >= 0.6 is 23.2 Å². The van der Waals surface area contributed by atoms with E-state index in [2.05, 4.69) is 51.4 Å². The molecule has 1 heterocycles. The molecule has 0 fully saturated rings. The van der Waals surface area contributed by atoms with Gasteiger partial charge in [-0.3, -0.25) is 22.8 Å². The van der Waals surface area contributed by atoms with Crippen LogP contribution in [-0.4, -0.2) is 130 Å². The van der Waals surface area contributed by atoms with Crippen molar-refractivity contribution in [1.82, 2.24) is 15.0 Å². The number of nitrogens with one attached hydrogen (secondary N) is 3. The average Bonchev–Trinajstić information content (AvgIpc) is 3.37. The van der Waals surface area contributed by atoms with Crippen molar-refractivity contribution in [2.24, 2.45) is 20.5 Å². The Balaban J connectivity index is 1.47. The van der Waals surface area contributed by atoms with Gasteiger partial charge in [0.05, 0.1) is 76.6 Å². The molecule has 5 aromatic carbocycles. The van der Waals surface area contributed by atoms with Crippen molar-refractivity contribution in [2.75, 3.05) is 54.9 Å². The van der Waals surface area contributed by atoms with E-state index in [4.69, 9.17) is 42.1 Å². The number of benzene rings is 5. The van der Waals surface area contributed by atoms with Crippen molar-refractivity contribution in [2.45, 2.75) is 33.6 Å². The molecule has 434 valence electrons. The van der Waals surface area contributed by atoms with E-state index >= 15 is 0 Å². The first-order valence-electron chi connectivity index (χ1n) is 22.1. The van der Waals surface area contributed by atoms with Gasteiger partial charge in [-0.2, -0.15) is 67.3 Å². The smallest absolute Gasteiger partial charge is 0.330 e. The molecular weight excluding hydrogens is 1220 g/mol. The number of anilines is 5. The second kappa shape index (κ2) is 26.0. The summed E-state index contributed by atoms with van der Waals surface area (Å²) in [6.07, 6.45) is -0.561. The van der Waals surface area contributed by atoms with Crippen LogP contribution in [-0.2, 0) is 55.4 Å². The van der Waals surface area contributed by atoms with Crippen LogP contribution in [0.5, 0.6) is 23.0 Å². The molecule has 0 aliphatic carbocycles. The number of halogens is 2. The molecule has 6 aromatic rings. The van der Waals surface area contributed by atoms with Crippen molar-refractivity contribution >= 4 is 132 Å². The largest absolute Gasteiger partial charge is 0.495 e. The first-order chi connectivity index (χ1) is 37.8. The van der Waals surface area contributed by atoms with Gasteiger partial charge in [-0.25, -0.2) is 4.79 Å². The number of nitrogens with zero attached hydrogens (tertiary/aromatic N) is 7. The van der Waals surface area contributed by atoms with Gasteiger partial charge in [-0.15, -0.1) is 10.2 Å². The molecule has 1 aromatic heterocycles. The number of carboxylic acids is 1. The lowest BCUT2D eigenvalue weighted by atomic mass is 10.1. The third-order valence-electron chi connectivity index (χ3n) is 10.3. The van der Waals surface area contributed by atoms with Gasteiger partial charge in [0, 0.05) is 12.1 Å². The van der Waals surface area contributed by atoms with E-state index in [1.807, 2.05) is 0 Å². The summed E-state index contributed by atoms with van der Waals surface area (Å²) in [5.74, 6) is -5.37. The maximum absolute atomic E-state index is 12.8. The molecule has 0 amide bonds. The molecule has 31 nitrogen and oxygen atoms in total. The summed E-state index contributed by atoms with van der Waals surface area (Å²) in [6.45, 7) is -0.795. The molecule has 9 N–H and O–H groups in total. The molecule has 38 heteroatoms. The highest BCUT2D eigenvalue weighted by Gasteiger charge is 2.25. The Bertz CT molecular complexity index is 3810. The minimum Gasteiger partial charge on any atom is -0.495 e. The van der Waals surface area contributed by atoms with E-state index in [-0.39, 0.29) is 85.6 Å². The Morgan fingerprint density at radius 1 is 0.543 bits per heavy atom. The van der Waals surface area contributed by atoms with Gasteiger partial charge in [-0.05, 0) is 79.1 Å². The van der Waals surface area contributed by atoms with Crippen LogP contribution in [0.3, 0.4) is 0 Å². The summed E-state index contributed by atoms with van der Waals surface area (Å²) < 4.78 is 187. The second-order valence-electron chi connectivity index (χ2n) is 16.1. The van der Waals surface area contributed by atoms with Crippen molar-refractivity contribution < 1.29 is 93.7 Å². The third kappa shape index (κ3) is 18.3. The lowest BCUT2D eigenvalue weighted by Crippen LogP contribution is -2.22. The topological polar surface area (TPSA) is 470 Å². The number of ether oxygens (including phenoxy) is 4. The Hall–Kier alpha value is -7.49. The molecule has 0 aliphatic heterocycles. The predicted molar refractivity (Wildman–Crippen MR) is 287 cm³/mol. The highest BCUT2D eigenvalue weighted by Crippen LogP contribution is 2.41. The number of carbonyl (C=O) groups is 1. The van der Waals surface area contributed by atoms with E-state index in [0.717, 1.165) is 50.6 Å². The Kier molecular flexibility index (Phi) is 20.1. The summed E-state index contributed by atoms with van der Waals surface area (Å²) in [6, 6.07) is 13.8. The number of azo groups is 2. The maximum Gasteiger partial charge on any atom is 0.330 e. The first-order valence-corrected chi connectivity index (χ1v) is 30.4. The molecule has 0 radical (unpaired) electrons. The fourth-order valence-corrected chi connectivity index (χ4v) is 9.84. The molecule has 0 spiro atoms. The van der Waals surface area contributed by atoms with Gasteiger partial charge in [0.2, 0.25) is 17.8 Å². The monoisotopic (exact) mass is 1260 g/mol. The van der Waals surface area contributed by atoms with Crippen LogP contribution in [0, 0.1) is 0 Å². The van der Waals surface area contributed by atoms with Crippen LogP contribution in [0.4, 0.5) is 52.0 Å². The molecule has 6 rings (SSSR count). The normalized spacial score (nSPS) is 12.8. The van der Waals surface area contributed by atoms with Gasteiger partial charge in [0.25, 0.3) is 50.6 Å². The standard InChI is InChI=1S/C43H42Cl2N10O21S5/c1-73-33-11-7-24(17-37(33)80(67,68)69)52-54-29-21-35(75-13-3-15-77(58,59)60)31(19-27(29)44)46-41-49-42(51-43(50-41)48-39(40(56)57)23-5-9-26(10-6-23)79(64,65)66)47-32-20-28(45)30(22-36(32)76-14-4-16-78(61,62)63)55-53-25-8-12-34(74-2)38(18-25)81(70,71)72/h5-12,17-22,39H,3-4,13-16H2,1-2H3,(H,56,57)(H,58,59,60)(H,61,62,63)(H,64,65,66)(H,67,68,69)(H,70,71,72)(H3,46,47,48,49,50,51). The van der Waals surface area contributed by atoms with Crippen LogP contribution in [0.1, 0.15) is 24.4 Å². The van der Waals surface area contributed by atoms with Crippen molar-refractivity contribution in [3.8, 4) is 23.0 Å². The second-order valence-corrected chi connectivity index (χ2v) is 24.3. The van der Waals surface area contributed by atoms with E-state index in [9.17, 15) is 74.8 Å². The lowest BCUT2D eigenvalue weighted by molar-refractivity contribution is -0.138. The summed E-state index contributed by atoms with van der Waals surface area (Å²) >= 11 is 13.3. The molecule has 0 saturated heterocycles. The molecule has 1 unspecified atom stereocenters. The number of carboxylic acid groups (broad SMARTS) is 1. The van der Waals surface area contributed by atoms with Gasteiger partial charge in [0.1, 0.15) is 44.2 Å². The van der Waals surface area contributed by atoms with Crippen LogP contribution in [0.15, 0.2) is 120 Å². The average molecular weight is 1270 g/mol. The minimum atomic E-state index is -4.81. The zero-order valence-electron chi connectivity index (χ0n) is 41.1. The zero-order valence-corrected chi connectivity index (χ0v) is 46.7. The third-order valence-corrected chi connectivity index (χ3v) is 15.1. The quantitative estimate of drug-likeness (QED) is 0.0135. The fraction of sp³-hybridized carbons (Fsp3) is 0.209. The van der Waals surface area contributed by atoms with Crippen LogP contribution in [0.2, 0.25) is 10.0 Å². The summed E-state index contributed by atoms with van der Waals surface area (Å²) in [7, 11) is -20.9. The van der Waals surface area contributed by atoms with Gasteiger partial charge in [0.15, 0.2) is 6.04 Å². The van der Waals surface area contributed by atoms with Crippen LogP contribution < -0.4 is 34.9 Å². The SMILES string of the molecule is COc1ccc(N=Nc2cc(OCCCS(=O)(=O)O)c(Nc3nc(Nc4cc(Cl)c(N=Nc5ccc(OC)c(S(=O)(=O)O)c5)cc4OCCCS(=O)(=O)O)nc(NC(C(=O)O)c4ccc(S(=O)(=O)O)cc4)n3)cc2Cl)cc1S(=O)(=O)O. The number of hydrogen-bond donors (Lipinski definition) is 9. The molecule has 1 atom stereocenters. The molecule has 0 saturated carbocycles. The highest BCUT2D eigenvalue weighted by molar-refractivity contribution is 7.86. The Morgan fingerprint density at radius 3 is 1.31 bits per heavy atom. The molecule has 0 bridgehead atoms. The van der Waals surface area contributed by atoms with E-state index in [1.54, 1.807) is 0 Å². The Morgan fingerprint density at radius 2 is 0.951 bits per heavy atom. The molecular formula is C43H42Cl2N10O21S5. The van der Waals surface area contributed by atoms with E-state index in [1.165, 1.54) is 48.5 Å². The number of aromatic nitrogens is 3. The van der Waals surface area contributed by atoms with Gasteiger partial charge >= 0.3 is 5.97 Å². The first kappa shape index (κ1) is 62.7. The van der Waals surface area contributed by atoms with Crippen molar-refractivity contribution in [3.05, 3.63) is 101 Å². The molecule has 81 heavy (non-hydrogen) atoms. The maximum atomic E-state index is 12.8. The number of hydrogen-bond acceptors (Lipinski definition) is 25. The zero-order chi connectivity index (χ0) is 59.7. The van der Waals surface area contributed by atoms with Crippen molar-refractivity contribution in [3.63, 3.8) is 0 Å². The number of methoxy groups -OCH3 is 2. The summed E-state index contributed by atoms with van der Waals surface area (Å²) in [5.41, 5.74) is -0.884. The highest BCUT2D eigenvalue weighted by atomic mass is 35.5. The fourth-order valence-electron chi connectivity index (χ4n) is 6.64. The molecule has 0 aliphatic rings. The summed E-state index contributed by atoms with van der Waals surface area (Å²) in [5, 5.41) is 34.3. The van der Waals surface area contributed by atoms with Gasteiger partial charge < -0.3 is 40.0 Å². The minimum absolute atomic E-state index is 0.0961. The van der Waals surface area contributed by atoms with E-state index < -0.39 is 120 Å². The lowest BCUT2D eigenvalue weighted by Gasteiger charge is -2.18. The predicted octanol–water partition coefficient (Wildman–Crippen LogP) is 7.80. The van der Waals surface area contributed by atoms with Gasteiger partial charge in [-0.1, -0.05) is 35.3 Å². The Labute approximate surface area is 470 Å².